The van der Waals surface area contributed by atoms with Crippen molar-refractivity contribution in [1.29, 1.82) is 0 Å². The molecule has 1 saturated carbocycles. The van der Waals surface area contributed by atoms with E-state index in [-0.39, 0.29) is 17.7 Å². The summed E-state index contributed by atoms with van der Waals surface area (Å²) in [6, 6.07) is 7.28. The van der Waals surface area contributed by atoms with Crippen LogP contribution in [0, 0.1) is 0 Å². The predicted octanol–water partition coefficient (Wildman–Crippen LogP) is 3.64. The van der Waals surface area contributed by atoms with Gasteiger partial charge >= 0.3 is 0 Å². The van der Waals surface area contributed by atoms with Gasteiger partial charge in [-0.2, -0.15) is 11.8 Å². The van der Waals surface area contributed by atoms with E-state index in [1.807, 2.05) is 0 Å². The van der Waals surface area contributed by atoms with Crippen LogP contribution in [-0.2, 0) is 4.79 Å². The number of fused-ring (bicyclic) bond motifs is 1. The quantitative estimate of drug-likeness (QED) is 0.572. The number of thioether (sulfide) groups is 1. The molecule has 146 valence electrons. The Kier molecular flexibility index (Phi) is 7.33. The Labute approximate surface area is 165 Å². The Balaban J connectivity index is 1.33. The molecule has 0 spiro atoms. The molecule has 0 bridgehead atoms. The molecule has 3 rings (SSSR count). The summed E-state index contributed by atoms with van der Waals surface area (Å²) in [4.78, 5) is 38.0. The lowest BCUT2D eigenvalue weighted by molar-refractivity contribution is -0.119. The van der Waals surface area contributed by atoms with Crippen molar-refractivity contribution in [1.82, 2.24) is 10.2 Å². The first-order chi connectivity index (χ1) is 13.2. The maximum Gasteiger partial charge on any atom is 0.261 e. The Morgan fingerprint density at radius 2 is 1.59 bits per heavy atom. The zero-order chi connectivity index (χ0) is 19.1. The highest BCUT2D eigenvalue weighted by Gasteiger charge is 2.34. The highest BCUT2D eigenvalue weighted by atomic mass is 32.2. The van der Waals surface area contributed by atoms with Gasteiger partial charge in [0.1, 0.15) is 0 Å². The van der Waals surface area contributed by atoms with Gasteiger partial charge in [-0.15, -0.1) is 0 Å². The van der Waals surface area contributed by atoms with Crippen molar-refractivity contribution in [3.63, 3.8) is 0 Å². The molecule has 1 N–H and O–H groups in total. The molecule has 5 nitrogen and oxygen atoms in total. The summed E-state index contributed by atoms with van der Waals surface area (Å²) in [7, 11) is 0. The normalized spacial score (nSPS) is 18.1. The van der Waals surface area contributed by atoms with Gasteiger partial charge in [-0.05, 0) is 37.1 Å². The summed E-state index contributed by atoms with van der Waals surface area (Å²) in [5.41, 5.74) is 0.988. The lowest BCUT2D eigenvalue weighted by Gasteiger charge is -2.21. The number of hydrogen-bond donors (Lipinski definition) is 1. The van der Waals surface area contributed by atoms with Crippen molar-refractivity contribution in [3.8, 4) is 0 Å². The summed E-state index contributed by atoms with van der Waals surface area (Å²) < 4.78 is 0. The highest BCUT2D eigenvalue weighted by Crippen LogP contribution is 2.23. The Bertz CT molecular complexity index is 649. The van der Waals surface area contributed by atoms with Crippen LogP contribution in [0.25, 0.3) is 0 Å². The summed E-state index contributed by atoms with van der Waals surface area (Å²) in [5, 5.41) is 3.17. The molecule has 1 aliphatic heterocycles. The van der Waals surface area contributed by atoms with Gasteiger partial charge in [0.15, 0.2) is 0 Å². The van der Waals surface area contributed by atoms with Gasteiger partial charge in [-0.3, -0.25) is 19.3 Å². The fourth-order valence-corrected chi connectivity index (χ4v) is 4.55. The molecule has 0 radical (unpaired) electrons. The number of rotatable bonds is 7. The first-order valence-electron chi connectivity index (χ1n) is 9.99. The Morgan fingerprint density at radius 1 is 1.00 bits per heavy atom. The van der Waals surface area contributed by atoms with Crippen LogP contribution in [0.5, 0.6) is 0 Å². The molecule has 1 heterocycles. The van der Waals surface area contributed by atoms with E-state index in [1.54, 1.807) is 36.0 Å². The highest BCUT2D eigenvalue weighted by molar-refractivity contribution is 7.99. The first-order valence-corrected chi connectivity index (χ1v) is 11.1. The molecule has 1 aromatic rings. The number of hydrogen-bond acceptors (Lipinski definition) is 4. The molecule has 2 aliphatic rings. The molecule has 6 heteroatoms. The van der Waals surface area contributed by atoms with Crippen molar-refractivity contribution in [2.24, 2.45) is 0 Å². The number of amides is 3. The minimum absolute atomic E-state index is 0.103. The number of imide groups is 1. The third-order valence-corrected chi connectivity index (χ3v) is 6.30. The maximum absolute atomic E-state index is 12.3. The van der Waals surface area contributed by atoms with E-state index >= 15 is 0 Å². The van der Waals surface area contributed by atoms with E-state index < -0.39 is 0 Å². The second-order valence-electron chi connectivity index (χ2n) is 7.32. The van der Waals surface area contributed by atoms with Crippen LogP contribution in [0.15, 0.2) is 24.3 Å². The SMILES string of the molecule is O=C(CSCCCN1C(=O)c2ccccc2C1=O)NC1CCCCCCC1. The zero-order valence-corrected chi connectivity index (χ0v) is 16.6. The molecule has 3 amide bonds. The molecule has 1 fully saturated rings. The summed E-state index contributed by atoms with van der Waals surface area (Å²) >= 11 is 1.57. The fraction of sp³-hybridized carbons (Fsp3) is 0.571. The molecule has 27 heavy (non-hydrogen) atoms. The van der Waals surface area contributed by atoms with Crippen molar-refractivity contribution in [2.75, 3.05) is 18.1 Å². The third-order valence-electron chi connectivity index (χ3n) is 5.25. The summed E-state index contributed by atoms with van der Waals surface area (Å²) in [6.07, 6.45) is 9.18. The van der Waals surface area contributed by atoms with E-state index in [0.717, 1.165) is 18.6 Å². The molecular formula is C21H28N2O3S. The average Bonchev–Trinajstić information content (AvgIpc) is 2.88. The molecule has 0 unspecified atom stereocenters. The van der Waals surface area contributed by atoms with E-state index in [1.165, 1.54) is 37.0 Å². The third kappa shape index (κ3) is 5.34. The maximum atomic E-state index is 12.3. The monoisotopic (exact) mass is 388 g/mol. The number of carbonyl (C=O) groups is 3. The molecule has 0 aromatic heterocycles. The molecular weight excluding hydrogens is 360 g/mol. The van der Waals surface area contributed by atoms with Crippen LogP contribution in [0.1, 0.15) is 72.1 Å². The Hall–Kier alpha value is -1.82. The minimum Gasteiger partial charge on any atom is -0.353 e. The van der Waals surface area contributed by atoms with E-state index in [9.17, 15) is 14.4 Å². The van der Waals surface area contributed by atoms with Crippen molar-refractivity contribution in [3.05, 3.63) is 35.4 Å². The molecule has 1 aromatic carbocycles. The molecule has 1 aliphatic carbocycles. The van der Waals surface area contributed by atoms with Crippen LogP contribution in [-0.4, -0.2) is 46.7 Å². The van der Waals surface area contributed by atoms with Gasteiger partial charge in [-0.25, -0.2) is 0 Å². The number of carbonyl (C=O) groups excluding carboxylic acids is 3. The van der Waals surface area contributed by atoms with Gasteiger partial charge in [0, 0.05) is 12.6 Å². The van der Waals surface area contributed by atoms with Crippen LogP contribution >= 0.6 is 11.8 Å². The number of nitrogens with zero attached hydrogens (tertiary/aromatic N) is 1. The molecule has 0 saturated heterocycles. The second kappa shape index (κ2) is 9.93. The number of nitrogens with one attached hydrogen (secondary N) is 1. The Morgan fingerprint density at radius 3 is 2.22 bits per heavy atom. The average molecular weight is 389 g/mol. The van der Waals surface area contributed by atoms with Crippen LogP contribution in [0.2, 0.25) is 0 Å². The van der Waals surface area contributed by atoms with Gasteiger partial charge in [0.05, 0.1) is 16.9 Å². The smallest absolute Gasteiger partial charge is 0.261 e. The topological polar surface area (TPSA) is 66.5 Å². The van der Waals surface area contributed by atoms with Crippen LogP contribution in [0.3, 0.4) is 0 Å². The predicted molar refractivity (Wildman–Crippen MR) is 108 cm³/mol. The van der Waals surface area contributed by atoms with Crippen molar-refractivity contribution >= 4 is 29.5 Å². The van der Waals surface area contributed by atoms with Gasteiger partial charge in [0.2, 0.25) is 5.91 Å². The van der Waals surface area contributed by atoms with Crippen molar-refractivity contribution in [2.45, 2.75) is 57.4 Å². The fourth-order valence-electron chi connectivity index (χ4n) is 3.80. The van der Waals surface area contributed by atoms with Gasteiger partial charge in [0.25, 0.3) is 11.8 Å². The van der Waals surface area contributed by atoms with Crippen LogP contribution < -0.4 is 5.32 Å². The first kappa shape index (κ1) is 19.9. The van der Waals surface area contributed by atoms with E-state index in [4.69, 9.17) is 0 Å². The summed E-state index contributed by atoms with van der Waals surface area (Å²) in [5.74, 6) is 0.890. The minimum atomic E-state index is -0.206. The zero-order valence-electron chi connectivity index (χ0n) is 15.7. The van der Waals surface area contributed by atoms with Crippen molar-refractivity contribution < 1.29 is 14.4 Å². The standard InChI is InChI=1S/C21H28N2O3S/c24-19(22-16-9-4-2-1-3-5-10-16)15-27-14-8-13-23-20(25)17-11-6-7-12-18(17)21(23)26/h6-7,11-12,16H,1-5,8-10,13-15H2,(H,22,24). The summed E-state index contributed by atoms with van der Waals surface area (Å²) in [6.45, 7) is 0.406. The second-order valence-corrected chi connectivity index (χ2v) is 8.43. The lowest BCUT2D eigenvalue weighted by atomic mass is 9.97. The van der Waals surface area contributed by atoms with Gasteiger partial charge in [-0.1, -0.05) is 44.2 Å². The lowest BCUT2D eigenvalue weighted by Crippen LogP contribution is -2.36. The van der Waals surface area contributed by atoms with E-state index in [0.29, 0.717) is 35.9 Å². The van der Waals surface area contributed by atoms with E-state index in [2.05, 4.69) is 5.32 Å². The largest absolute Gasteiger partial charge is 0.353 e. The van der Waals surface area contributed by atoms with Gasteiger partial charge < -0.3 is 5.32 Å². The molecule has 0 atom stereocenters. The van der Waals surface area contributed by atoms with Crippen LogP contribution in [0.4, 0.5) is 0 Å². The number of benzene rings is 1.